The van der Waals surface area contributed by atoms with Crippen LogP contribution >= 0.6 is 0 Å². The van der Waals surface area contributed by atoms with Gasteiger partial charge < -0.3 is 24.6 Å². The minimum atomic E-state index is -0.545. The van der Waals surface area contributed by atoms with Gasteiger partial charge >= 0.3 is 6.09 Å². The van der Waals surface area contributed by atoms with Crippen LogP contribution < -0.4 is 5.32 Å². The Bertz CT molecular complexity index is 1860. The van der Waals surface area contributed by atoms with Crippen molar-refractivity contribution in [2.45, 2.75) is 51.0 Å². The number of aliphatic hydroxyl groups excluding tert-OH is 1. The van der Waals surface area contributed by atoms with E-state index in [-0.39, 0.29) is 31.5 Å². The van der Waals surface area contributed by atoms with Crippen molar-refractivity contribution < 1.29 is 24.1 Å². The van der Waals surface area contributed by atoms with E-state index >= 15 is 0 Å². The van der Waals surface area contributed by atoms with Gasteiger partial charge in [-0.15, -0.1) is 0 Å². The topological polar surface area (TPSA) is 80.3 Å². The number of nitrogens with zero attached hydrogens (tertiary/aromatic N) is 1. The number of benzene rings is 5. The van der Waals surface area contributed by atoms with Gasteiger partial charge in [-0.05, 0) is 70.3 Å². The summed E-state index contributed by atoms with van der Waals surface area (Å²) in [5.41, 5.74) is 7.21. The number of aliphatic hydroxyl groups is 1. The van der Waals surface area contributed by atoms with Gasteiger partial charge in [0.15, 0.2) is 6.29 Å². The molecule has 1 aliphatic rings. The minimum absolute atomic E-state index is 0.00562. The van der Waals surface area contributed by atoms with E-state index in [9.17, 15) is 9.90 Å². The summed E-state index contributed by atoms with van der Waals surface area (Å²) in [5.74, 6) is 0. The van der Waals surface area contributed by atoms with E-state index < -0.39 is 12.4 Å². The summed E-state index contributed by atoms with van der Waals surface area (Å²) in [7, 11) is 2.15. The highest BCUT2D eigenvalue weighted by molar-refractivity contribution is 5.83. The highest BCUT2D eigenvalue weighted by Crippen LogP contribution is 2.39. The average Bonchev–Trinajstić information content (AvgIpc) is 3.15. The van der Waals surface area contributed by atoms with Crippen molar-refractivity contribution in [3.05, 3.63) is 156 Å². The molecule has 4 atom stereocenters. The summed E-state index contributed by atoms with van der Waals surface area (Å²) in [6.45, 7) is 7.08. The van der Waals surface area contributed by atoms with E-state index in [4.69, 9.17) is 14.2 Å². The third kappa shape index (κ3) is 8.63. The van der Waals surface area contributed by atoms with Gasteiger partial charge in [0.05, 0.1) is 18.8 Å². The Hall–Kier alpha value is -4.79. The number of fused-ring (bicyclic) bond motifs is 1. The molecule has 7 nitrogen and oxygen atoms in total. The number of carbonyl (C=O) groups is 1. The van der Waals surface area contributed by atoms with Crippen molar-refractivity contribution >= 4 is 16.9 Å². The first kappa shape index (κ1) is 34.1. The first-order valence-corrected chi connectivity index (χ1v) is 16.8. The van der Waals surface area contributed by atoms with Gasteiger partial charge in [-0.25, -0.2) is 4.79 Å². The van der Waals surface area contributed by atoms with Crippen LogP contribution in [0.25, 0.3) is 21.9 Å². The predicted molar refractivity (Wildman–Crippen MR) is 194 cm³/mol. The Balaban J connectivity index is 1.18. The molecule has 252 valence electrons. The van der Waals surface area contributed by atoms with Crippen molar-refractivity contribution in [3.63, 3.8) is 0 Å². The second-order valence-electron chi connectivity index (χ2n) is 12.6. The number of hydrogen-bond acceptors (Lipinski definition) is 6. The molecule has 49 heavy (non-hydrogen) atoms. The quantitative estimate of drug-likeness (QED) is 0.131. The van der Waals surface area contributed by atoms with Gasteiger partial charge in [-0.3, -0.25) is 4.90 Å². The van der Waals surface area contributed by atoms with Crippen LogP contribution in [-0.2, 0) is 27.4 Å². The van der Waals surface area contributed by atoms with Crippen LogP contribution in [0.1, 0.15) is 59.6 Å². The fourth-order valence-electron chi connectivity index (χ4n) is 6.29. The summed E-state index contributed by atoms with van der Waals surface area (Å²) in [5, 5.41) is 14.8. The number of rotatable bonds is 12. The van der Waals surface area contributed by atoms with Crippen LogP contribution in [-0.4, -0.2) is 42.4 Å². The molecule has 1 saturated heterocycles. The fourth-order valence-corrected chi connectivity index (χ4v) is 6.29. The molecular formula is C42H44N2O5. The summed E-state index contributed by atoms with van der Waals surface area (Å²) >= 11 is 0. The second kappa shape index (κ2) is 16.1. The monoisotopic (exact) mass is 656 g/mol. The van der Waals surface area contributed by atoms with Crippen LogP contribution in [0.3, 0.4) is 0 Å². The molecule has 7 heteroatoms. The first-order valence-electron chi connectivity index (χ1n) is 16.8. The molecule has 0 bridgehead atoms. The normalized spacial score (nSPS) is 18.2. The van der Waals surface area contributed by atoms with E-state index in [1.54, 1.807) is 0 Å². The van der Waals surface area contributed by atoms with Crippen LogP contribution in [0.15, 0.2) is 128 Å². The summed E-state index contributed by atoms with van der Waals surface area (Å²) in [6.07, 6.45) is 0.993. The van der Waals surface area contributed by atoms with Crippen molar-refractivity contribution in [2.75, 3.05) is 20.2 Å². The Morgan fingerprint density at radius 1 is 0.898 bits per heavy atom. The molecule has 6 rings (SSSR count). The number of amides is 1. The maximum absolute atomic E-state index is 11.9. The lowest BCUT2D eigenvalue weighted by Gasteiger charge is -2.39. The lowest BCUT2D eigenvalue weighted by molar-refractivity contribution is -0.253. The number of nitrogens with one attached hydrogen (secondary N) is 1. The van der Waals surface area contributed by atoms with Gasteiger partial charge in [0, 0.05) is 31.1 Å². The highest BCUT2D eigenvalue weighted by Gasteiger charge is 2.33. The number of likely N-dealkylation sites (N-methyl/N-ethyl adjacent to an activating group) is 1. The molecule has 2 N–H and O–H groups in total. The van der Waals surface area contributed by atoms with E-state index in [0.29, 0.717) is 13.0 Å². The number of ether oxygens (including phenoxy) is 3. The zero-order chi connectivity index (χ0) is 34.2. The molecule has 1 fully saturated rings. The van der Waals surface area contributed by atoms with Gasteiger partial charge in [-0.1, -0.05) is 116 Å². The molecule has 0 spiro atoms. The SMILES string of the molecule is C=CCOC(=O)NCc1cccc(-c2ccc(C3OC(CN(C)C(C)c4ccc5ccccc5c4)CC(c4ccc(CO)cc4)O3)cc2)c1. The molecule has 0 saturated carbocycles. The third-order valence-electron chi connectivity index (χ3n) is 9.24. The molecule has 4 unspecified atom stereocenters. The maximum atomic E-state index is 11.9. The Kier molecular flexibility index (Phi) is 11.2. The van der Waals surface area contributed by atoms with Gasteiger partial charge in [0.1, 0.15) is 6.61 Å². The molecular weight excluding hydrogens is 612 g/mol. The van der Waals surface area contributed by atoms with Gasteiger partial charge in [-0.2, -0.15) is 0 Å². The largest absolute Gasteiger partial charge is 0.445 e. The zero-order valence-corrected chi connectivity index (χ0v) is 28.1. The smallest absolute Gasteiger partial charge is 0.407 e. The van der Waals surface area contributed by atoms with Crippen molar-refractivity contribution in [1.82, 2.24) is 10.2 Å². The number of hydrogen-bond donors (Lipinski definition) is 2. The Morgan fingerprint density at radius 3 is 2.41 bits per heavy atom. The van der Waals surface area contributed by atoms with Crippen LogP contribution in [0.2, 0.25) is 0 Å². The average molecular weight is 657 g/mol. The molecule has 5 aromatic carbocycles. The second-order valence-corrected chi connectivity index (χ2v) is 12.6. The highest BCUT2D eigenvalue weighted by atomic mass is 16.7. The number of alkyl carbamates (subject to hydrolysis) is 1. The van der Waals surface area contributed by atoms with Crippen molar-refractivity contribution in [3.8, 4) is 11.1 Å². The molecule has 5 aromatic rings. The molecule has 1 heterocycles. The van der Waals surface area contributed by atoms with E-state index in [1.807, 2.05) is 36.4 Å². The standard InChI is InChI=1S/C42H44N2O5/c1-4-22-47-42(46)43-26-31-8-7-11-37(23-31)33-16-19-35(20-17-33)41-48-39(25-40(49-41)34-14-12-30(28-45)13-15-34)27-44(3)29(2)36-21-18-32-9-5-6-10-38(32)24-36/h4-21,23-24,29,39-41,45H,1,22,25-28H2,2-3H3,(H,43,46). The van der Waals surface area contributed by atoms with Crippen molar-refractivity contribution in [1.29, 1.82) is 0 Å². The van der Waals surface area contributed by atoms with Gasteiger partial charge in [0.2, 0.25) is 0 Å². The summed E-state index contributed by atoms with van der Waals surface area (Å²) in [4.78, 5) is 14.2. The van der Waals surface area contributed by atoms with Crippen LogP contribution in [0.4, 0.5) is 4.79 Å². The lowest BCUT2D eigenvalue weighted by Crippen LogP contribution is -2.38. The molecule has 0 aliphatic carbocycles. The van der Waals surface area contributed by atoms with E-state index in [0.717, 1.165) is 39.9 Å². The molecule has 0 aromatic heterocycles. The lowest BCUT2D eigenvalue weighted by atomic mass is 9.98. The van der Waals surface area contributed by atoms with Crippen LogP contribution in [0, 0.1) is 0 Å². The van der Waals surface area contributed by atoms with Gasteiger partial charge in [0.25, 0.3) is 0 Å². The Morgan fingerprint density at radius 2 is 1.65 bits per heavy atom. The summed E-state index contributed by atoms with van der Waals surface area (Å²) < 4.78 is 18.3. The maximum Gasteiger partial charge on any atom is 0.407 e. The summed E-state index contributed by atoms with van der Waals surface area (Å²) in [6, 6.07) is 39.7. The minimum Gasteiger partial charge on any atom is -0.445 e. The third-order valence-corrected chi connectivity index (χ3v) is 9.24. The number of carbonyl (C=O) groups excluding carboxylic acids is 1. The predicted octanol–water partition coefficient (Wildman–Crippen LogP) is 8.65. The van der Waals surface area contributed by atoms with Crippen molar-refractivity contribution in [2.24, 2.45) is 0 Å². The van der Waals surface area contributed by atoms with E-state index in [2.05, 4.69) is 110 Å². The zero-order valence-electron chi connectivity index (χ0n) is 28.1. The fraction of sp³-hybridized carbons (Fsp3) is 0.262. The molecule has 1 amide bonds. The molecule has 1 aliphatic heterocycles. The van der Waals surface area contributed by atoms with Crippen LogP contribution in [0.5, 0.6) is 0 Å². The first-order chi connectivity index (χ1) is 23.9. The van der Waals surface area contributed by atoms with E-state index in [1.165, 1.54) is 22.4 Å². The molecule has 0 radical (unpaired) electrons. The Labute approximate surface area is 288 Å².